The molecule has 1 aliphatic heterocycles. The number of ether oxygens (including phenoxy) is 3. The molecule has 3 aromatic carbocycles. The van der Waals surface area contributed by atoms with Crippen LogP contribution in [0, 0.1) is 3.57 Å². The van der Waals surface area contributed by atoms with E-state index < -0.39 is 12.0 Å². The highest BCUT2D eigenvalue weighted by Gasteiger charge is 2.33. The van der Waals surface area contributed by atoms with Crippen LogP contribution in [0.2, 0.25) is 10.0 Å². The van der Waals surface area contributed by atoms with Gasteiger partial charge < -0.3 is 14.2 Å². The summed E-state index contributed by atoms with van der Waals surface area (Å²) in [7, 11) is 0. The van der Waals surface area contributed by atoms with E-state index in [1.54, 1.807) is 30.5 Å². The summed E-state index contributed by atoms with van der Waals surface area (Å²) in [5.74, 6) is 0.654. The molecule has 5 rings (SSSR count). The largest absolute Gasteiger partial charge is 0.490 e. The van der Waals surface area contributed by atoms with Crippen LogP contribution >= 0.6 is 57.1 Å². The van der Waals surface area contributed by atoms with Gasteiger partial charge in [0, 0.05) is 0 Å². The molecule has 1 aromatic heterocycles. The Balaban J connectivity index is 1.56. The zero-order chi connectivity index (χ0) is 30.7. The second-order valence-corrected chi connectivity index (χ2v) is 12.5. The van der Waals surface area contributed by atoms with Crippen molar-refractivity contribution in [2.75, 3.05) is 13.2 Å². The molecule has 2 heterocycles. The molecule has 222 valence electrons. The Kier molecular flexibility index (Phi) is 9.95. The summed E-state index contributed by atoms with van der Waals surface area (Å²) in [4.78, 5) is 32.2. The van der Waals surface area contributed by atoms with Crippen molar-refractivity contribution in [3.63, 3.8) is 0 Å². The summed E-state index contributed by atoms with van der Waals surface area (Å²) in [6, 6.07) is 17.9. The molecule has 0 spiro atoms. The Hall–Kier alpha value is -3.12. The van der Waals surface area contributed by atoms with E-state index in [9.17, 15) is 9.59 Å². The second kappa shape index (κ2) is 13.7. The summed E-state index contributed by atoms with van der Waals surface area (Å²) < 4.78 is 20.3. The number of rotatable bonds is 9. The van der Waals surface area contributed by atoms with Gasteiger partial charge in [-0.15, -0.1) is 0 Å². The number of carbonyl (C=O) groups is 1. The maximum atomic E-state index is 13.9. The average molecular weight is 749 g/mol. The predicted molar refractivity (Wildman–Crippen MR) is 178 cm³/mol. The highest BCUT2D eigenvalue weighted by atomic mass is 127. The number of hydrogen-bond acceptors (Lipinski definition) is 7. The van der Waals surface area contributed by atoms with Gasteiger partial charge in [0.25, 0.3) is 5.56 Å². The molecule has 0 N–H and O–H groups in total. The second-order valence-electron chi connectivity index (χ2n) is 9.51. The molecular weight excluding hydrogens is 722 g/mol. The van der Waals surface area contributed by atoms with Gasteiger partial charge in [0.2, 0.25) is 0 Å². The first kappa shape index (κ1) is 31.3. The van der Waals surface area contributed by atoms with Crippen LogP contribution in [0.3, 0.4) is 0 Å². The molecule has 1 atom stereocenters. The molecule has 7 nitrogen and oxygen atoms in total. The summed E-state index contributed by atoms with van der Waals surface area (Å²) in [5.41, 5.74) is 3.05. The molecule has 0 aliphatic carbocycles. The number of thiazole rings is 1. The quantitative estimate of drug-likeness (QED) is 0.141. The number of aromatic nitrogens is 1. The van der Waals surface area contributed by atoms with Crippen LogP contribution in [0.5, 0.6) is 11.5 Å². The van der Waals surface area contributed by atoms with Gasteiger partial charge in [-0.25, -0.2) is 9.79 Å². The number of nitrogens with zero attached hydrogens (tertiary/aromatic N) is 2. The molecule has 1 aliphatic rings. The zero-order valence-electron chi connectivity index (χ0n) is 23.5. The number of fused-ring (bicyclic) bond motifs is 1. The number of hydrogen-bond donors (Lipinski definition) is 0. The first-order valence-electron chi connectivity index (χ1n) is 13.5. The van der Waals surface area contributed by atoms with Gasteiger partial charge in [-0.05, 0) is 90.4 Å². The average Bonchev–Trinajstić information content (AvgIpc) is 3.28. The van der Waals surface area contributed by atoms with Crippen LogP contribution < -0.4 is 24.4 Å². The van der Waals surface area contributed by atoms with Gasteiger partial charge in [-0.2, -0.15) is 0 Å². The van der Waals surface area contributed by atoms with Crippen molar-refractivity contribution < 1.29 is 19.0 Å². The van der Waals surface area contributed by atoms with E-state index >= 15 is 0 Å². The monoisotopic (exact) mass is 748 g/mol. The molecule has 0 saturated heterocycles. The minimum atomic E-state index is -0.657. The lowest BCUT2D eigenvalue weighted by atomic mass is 9.96. The van der Waals surface area contributed by atoms with Gasteiger partial charge in [0.1, 0.15) is 6.61 Å². The highest BCUT2D eigenvalue weighted by molar-refractivity contribution is 14.1. The number of carbonyl (C=O) groups excluding carboxylic acids is 1. The lowest BCUT2D eigenvalue weighted by molar-refractivity contribution is -0.139. The van der Waals surface area contributed by atoms with Gasteiger partial charge in [0.05, 0.1) is 48.7 Å². The van der Waals surface area contributed by atoms with Crippen molar-refractivity contribution in [3.8, 4) is 11.5 Å². The van der Waals surface area contributed by atoms with Gasteiger partial charge in [-0.3, -0.25) is 9.36 Å². The van der Waals surface area contributed by atoms with E-state index in [-0.39, 0.29) is 18.8 Å². The Morgan fingerprint density at radius 2 is 1.81 bits per heavy atom. The van der Waals surface area contributed by atoms with E-state index in [0.717, 1.165) is 20.3 Å². The van der Waals surface area contributed by atoms with Gasteiger partial charge in [0.15, 0.2) is 16.3 Å². The van der Waals surface area contributed by atoms with Crippen LogP contribution in [0.15, 0.2) is 81.7 Å². The highest BCUT2D eigenvalue weighted by Crippen LogP contribution is 2.36. The standard InChI is InChI=1S/C32H27Cl2IN2O5S/c1-4-40-25-15-20(14-24(35)29(25)42-17-19-11-12-22(33)23(34)13-19)16-26-30(38)37-28(21-9-7-6-8-10-21)27(31(39)41-5-2)18(3)36-32(37)43-26/h6-16,28H,4-5,17H2,1-3H3/b26-16+/t28-/m0/s1. The van der Waals surface area contributed by atoms with E-state index in [2.05, 4.69) is 27.6 Å². The molecule has 0 amide bonds. The lowest BCUT2D eigenvalue weighted by Gasteiger charge is -2.24. The van der Waals surface area contributed by atoms with Crippen LogP contribution in [0.25, 0.3) is 6.08 Å². The smallest absolute Gasteiger partial charge is 0.338 e. The van der Waals surface area contributed by atoms with E-state index in [0.29, 0.717) is 48.8 Å². The predicted octanol–water partition coefficient (Wildman–Crippen LogP) is 6.69. The molecule has 0 radical (unpaired) electrons. The molecular formula is C32H27Cl2IN2O5S. The van der Waals surface area contributed by atoms with Crippen molar-refractivity contribution in [2.24, 2.45) is 4.99 Å². The summed E-state index contributed by atoms with van der Waals surface area (Å²) in [6.45, 7) is 6.34. The van der Waals surface area contributed by atoms with Crippen molar-refractivity contribution >= 4 is 69.2 Å². The Morgan fingerprint density at radius 3 is 2.51 bits per heavy atom. The van der Waals surface area contributed by atoms with E-state index in [4.69, 9.17) is 37.4 Å². The molecule has 11 heteroatoms. The number of halogens is 3. The third-order valence-corrected chi connectivity index (χ3v) is 9.15. The minimum Gasteiger partial charge on any atom is -0.490 e. The van der Waals surface area contributed by atoms with Crippen molar-refractivity contribution in [3.05, 3.63) is 122 Å². The van der Waals surface area contributed by atoms with Crippen LogP contribution in [0.4, 0.5) is 0 Å². The number of benzene rings is 3. The third kappa shape index (κ3) is 6.69. The van der Waals surface area contributed by atoms with Crippen molar-refractivity contribution in [1.29, 1.82) is 0 Å². The van der Waals surface area contributed by atoms with Crippen LogP contribution in [-0.2, 0) is 16.1 Å². The van der Waals surface area contributed by atoms with E-state index in [1.165, 1.54) is 11.3 Å². The first-order valence-corrected chi connectivity index (χ1v) is 16.1. The third-order valence-electron chi connectivity index (χ3n) is 6.63. The van der Waals surface area contributed by atoms with Gasteiger partial charge >= 0.3 is 5.97 Å². The zero-order valence-corrected chi connectivity index (χ0v) is 28.0. The fourth-order valence-electron chi connectivity index (χ4n) is 4.75. The van der Waals surface area contributed by atoms with E-state index in [1.807, 2.05) is 61.5 Å². The molecule has 0 bridgehead atoms. The summed E-state index contributed by atoms with van der Waals surface area (Å²) in [5, 5.41) is 0.936. The Labute approximate surface area is 276 Å². The van der Waals surface area contributed by atoms with Crippen molar-refractivity contribution in [2.45, 2.75) is 33.4 Å². The number of allylic oxidation sites excluding steroid dienone is 1. The summed E-state index contributed by atoms with van der Waals surface area (Å²) in [6.07, 6.45) is 1.81. The van der Waals surface area contributed by atoms with Gasteiger partial charge in [-0.1, -0.05) is 70.9 Å². The topological polar surface area (TPSA) is 79.1 Å². The lowest BCUT2D eigenvalue weighted by Crippen LogP contribution is -2.39. The maximum Gasteiger partial charge on any atom is 0.338 e. The fourth-order valence-corrected chi connectivity index (χ4v) is 6.90. The molecule has 0 saturated carbocycles. The number of esters is 1. The first-order chi connectivity index (χ1) is 20.7. The van der Waals surface area contributed by atoms with Crippen molar-refractivity contribution in [1.82, 2.24) is 4.57 Å². The molecule has 4 aromatic rings. The Morgan fingerprint density at radius 1 is 1.05 bits per heavy atom. The Bertz CT molecular complexity index is 1900. The normalized spacial score (nSPS) is 14.7. The molecule has 0 fully saturated rings. The van der Waals surface area contributed by atoms with Crippen LogP contribution in [-0.4, -0.2) is 23.8 Å². The molecule has 43 heavy (non-hydrogen) atoms. The SMILES string of the molecule is CCOC(=O)C1=C(C)N=c2s/c(=C/c3cc(I)c(OCc4ccc(Cl)c(Cl)c4)c(OCC)c3)c(=O)n2[C@H]1c1ccccc1. The maximum absolute atomic E-state index is 13.9. The summed E-state index contributed by atoms with van der Waals surface area (Å²) >= 11 is 15.7. The minimum absolute atomic E-state index is 0.218. The van der Waals surface area contributed by atoms with Crippen LogP contribution in [0.1, 0.15) is 43.5 Å². The fraction of sp³-hybridized carbons (Fsp3) is 0.219. The molecule has 0 unspecified atom stereocenters.